The summed E-state index contributed by atoms with van der Waals surface area (Å²) in [5.41, 5.74) is 0. The van der Waals surface area contributed by atoms with Gasteiger partial charge in [-0.15, -0.1) is 0 Å². The van der Waals surface area contributed by atoms with Crippen molar-refractivity contribution in [1.29, 1.82) is 0 Å². The molecular weight excluding hydrogens is 132 g/mol. The Hall–Kier alpha value is 0. The van der Waals surface area contributed by atoms with Gasteiger partial charge in [-0.2, -0.15) is 0 Å². The number of hydrogen-bond acceptors (Lipinski definition) is 0. The summed E-state index contributed by atoms with van der Waals surface area (Å²) < 4.78 is 0. The molecule has 0 amide bonds. The van der Waals surface area contributed by atoms with Gasteiger partial charge in [-0.25, -0.2) is 0 Å². The molecule has 1 unspecified atom stereocenters. The zero-order valence-electron chi connectivity index (χ0n) is 8.69. The van der Waals surface area contributed by atoms with Gasteiger partial charge < -0.3 is 0 Å². The van der Waals surface area contributed by atoms with Gasteiger partial charge >= 0.3 is 0 Å². The average molecular weight is 156 g/mol. The Morgan fingerprint density at radius 3 is 1.55 bits per heavy atom. The van der Waals surface area contributed by atoms with Gasteiger partial charge in [0.1, 0.15) is 0 Å². The molecule has 0 heterocycles. The van der Waals surface area contributed by atoms with Crippen molar-refractivity contribution in [2.24, 2.45) is 11.8 Å². The van der Waals surface area contributed by atoms with E-state index in [1.54, 1.807) is 0 Å². The van der Waals surface area contributed by atoms with E-state index in [9.17, 15) is 0 Å². The van der Waals surface area contributed by atoms with Crippen molar-refractivity contribution in [1.82, 2.24) is 0 Å². The molecule has 0 aliphatic heterocycles. The fraction of sp³-hybridized carbons (Fsp3) is 1.00. The summed E-state index contributed by atoms with van der Waals surface area (Å²) in [6.07, 6.45) is 7.15. The van der Waals surface area contributed by atoms with Gasteiger partial charge in [-0.1, -0.05) is 53.4 Å². The molecule has 0 aromatic heterocycles. The van der Waals surface area contributed by atoms with E-state index in [2.05, 4.69) is 27.7 Å². The smallest absolute Gasteiger partial charge is 0.0440 e. The van der Waals surface area contributed by atoms with Gasteiger partial charge in [0, 0.05) is 0 Å². The summed E-state index contributed by atoms with van der Waals surface area (Å²) in [7, 11) is 0. The van der Waals surface area contributed by atoms with Crippen molar-refractivity contribution in [3.8, 4) is 0 Å². The van der Waals surface area contributed by atoms with Crippen LogP contribution in [-0.4, -0.2) is 0 Å². The van der Waals surface area contributed by atoms with E-state index < -0.39 is 0 Å². The molecule has 1 fully saturated rings. The molecule has 0 aromatic carbocycles. The Morgan fingerprint density at radius 2 is 1.36 bits per heavy atom. The molecule has 0 radical (unpaired) electrons. The van der Waals surface area contributed by atoms with Crippen LogP contribution in [-0.2, 0) is 0 Å². The van der Waals surface area contributed by atoms with Gasteiger partial charge in [-0.3, -0.25) is 0 Å². The average Bonchev–Trinajstić information content (AvgIpc) is 1.88. The number of rotatable bonds is 0. The molecule has 0 N–H and O–H groups in total. The Morgan fingerprint density at radius 1 is 1.00 bits per heavy atom. The summed E-state index contributed by atoms with van der Waals surface area (Å²) in [4.78, 5) is 0. The van der Waals surface area contributed by atoms with Crippen molar-refractivity contribution in [2.75, 3.05) is 0 Å². The Labute approximate surface area is 72.4 Å². The third-order valence-corrected chi connectivity index (χ3v) is 2.20. The minimum absolute atomic E-state index is 1.01. The molecule has 1 rings (SSSR count). The van der Waals surface area contributed by atoms with Gasteiger partial charge in [0.15, 0.2) is 0 Å². The van der Waals surface area contributed by atoms with Crippen molar-refractivity contribution >= 4 is 0 Å². The first-order valence-corrected chi connectivity index (χ1v) is 5.20. The second-order valence-corrected chi connectivity index (χ2v) is 4.08. The van der Waals surface area contributed by atoms with Gasteiger partial charge in [0.2, 0.25) is 0 Å². The van der Waals surface area contributed by atoms with E-state index >= 15 is 0 Å². The standard InChI is InChI=1S/C8H16.C3H8/c1-7-4-3-5-8(2)6-7;1-3-2/h7-8H,3-6H2,1-2H3;3H2,1-2H3/t7-,8?;/m1./s1. The van der Waals surface area contributed by atoms with Gasteiger partial charge in [0.05, 0.1) is 0 Å². The number of hydrogen-bond donors (Lipinski definition) is 0. The van der Waals surface area contributed by atoms with Crippen LogP contribution >= 0.6 is 0 Å². The van der Waals surface area contributed by atoms with E-state index in [1.165, 1.54) is 32.1 Å². The largest absolute Gasteiger partial charge is 0.0656 e. The predicted molar refractivity (Wildman–Crippen MR) is 52.8 cm³/mol. The second kappa shape index (κ2) is 6.69. The molecule has 0 saturated heterocycles. The van der Waals surface area contributed by atoms with Crippen LogP contribution in [0, 0.1) is 11.8 Å². The lowest BCUT2D eigenvalue weighted by molar-refractivity contribution is 0.301. The maximum absolute atomic E-state index is 2.37. The summed E-state index contributed by atoms with van der Waals surface area (Å²) in [5, 5.41) is 0. The van der Waals surface area contributed by atoms with Crippen LogP contribution in [0.4, 0.5) is 0 Å². The molecule has 1 saturated carbocycles. The third kappa shape index (κ3) is 6.40. The first-order valence-electron chi connectivity index (χ1n) is 5.20. The van der Waals surface area contributed by atoms with E-state index in [4.69, 9.17) is 0 Å². The minimum atomic E-state index is 1.01. The van der Waals surface area contributed by atoms with E-state index in [-0.39, 0.29) is 0 Å². The summed E-state index contributed by atoms with van der Waals surface area (Å²) in [5.74, 6) is 2.03. The molecule has 0 nitrogen and oxygen atoms in total. The van der Waals surface area contributed by atoms with Crippen LogP contribution in [0.25, 0.3) is 0 Å². The van der Waals surface area contributed by atoms with Crippen molar-refractivity contribution in [2.45, 2.75) is 59.8 Å². The lowest BCUT2D eigenvalue weighted by Crippen LogP contribution is -2.09. The SMILES string of the molecule is CC1CCC[C@@H](C)C1.CCC. The van der Waals surface area contributed by atoms with Crippen LogP contribution < -0.4 is 0 Å². The zero-order chi connectivity index (χ0) is 8.69. The highest BCUT2D eigenvalue weighted by atomic mass is 14.2. The maximum Gasteiger partial charge on any atom is -0.0440 e. The first kappa shape index (κ1) is 11.0. The van der Waals surface area contributed by atoms with E-state index in [0.717, 1.165) is 11.8 Å². The molecule has 1 aliphatic carbocycles. The first-order chi connectivity index (χ1) is 5.20. The highest BCUT2D eigenvalue weighted by Gasteiger charge is 2.13. The van der Waals surface area contributed by atoms with Crippen LogP contribution in [0.15, 0.2) is 0 Å². The van der Waals surface area contributed by atoms with Crippen LogP contribution in [0.1, 0.15) is 59.8 Å². The Kier molecular flexibility index (Phi) is 6.69. The third-order valence-electron chi connectivity index (χ3n) is 2.20. The lowest BCUT2D eigenvalue weighted by Gasteiger charge is -2.22. The normalized spacial score (nSPS) is 30.5. The Bertz CT molecular complexity index is 68.1. The van der Waals surface area contributed by atoms with Gasteiger partial charge in [-0.05, 0) is 18.3 Å². The fourth-order valence-corrected chi connectivity index (χ4v) is 1.74. The van der Waals surface area contributed by atoms with Crippen molar-refractivity contribution < 1.29 is 0 Å². The molecule has 0 aromatic rings. The Balaban J connectivity index is 0.000000292. The van der Waals surface area contributed by atoms with E-state index in [1.807, 2.05) is 0 Å². The molecular formula is C11H24. The molecule has 2 atom stereocenters. The summed E-state index contributed by atoms with van der Waals surface area (Å²) >= 11 is 0. The lowest BCUT2D eigenvalue weighted by atomic mass is 9.84. The van der Waals surface area contributed by atoms with Crippen LogP contribution in [0.3, 0.4) is 0 Å². The molecule has 0 spiro atoms. The summed E-state index contributed by atoms with van der Waals surface area (Å²) in [6, 6.07) is 0. The highest BCUT2D eigenvalue weighted by molar-refractivity contribution is 4.66. The quantitative estimate of drug-likeness (QED) is 0.492. The van der Waals surface area contributed by atoms with Crippen LogP contribution in [0.5, 0.6) is 0 Å². The maximum atomic E-state index is 2.37. The summed E-state index contributed by atoms with van der Waals surface area (Å²) in [6.45, 7) is 8.99. The van der Waals surface area contributed by atoms with Crippen LogP contribution in [0.2, 0.25) is 0 Å². The molecule has 11 heavy (non-hydrogen) atoms. The molecule has 0 bridgehead atoms. The highest BCUT2D eigenvalue weighted by Crippen LogP contribution is 2.27. The fourth-order valence-electron chi connectivity index (χ4n) is 1.74. The van der Waals surface area contributed by atoms with Crippen molar-refractivity contribution in [3.05, 3.63) is 0 Å². The van der Waals surface area contributed by atoms with Crippen molar-refractivity contribution in [3.63, 3.8) is 0 Å². The second-order valence-electron chi connectivity index (χ2n) is 4.08. The topological polar surface area (TPSA) is 0 Å². The molecule has 68 valence electrons. The predicted octanol–water partition coefficient (Wildman–Crippen LogP) is 4.25. The van der Waals surface area contributed by atoms with Gasteiger partial charge in [0.25, 0.3) is 0 Å². The minimum Gasteiger partial charge on any atom is -0.0656 e. The van der Waals surface area contributed by atoms with E-state index in [0.29, 0.717) is 0 Å². The monoisotopic (exact) mass is 156 g/mol. The zero-order valence-corrected chi connectivity index (χ0v) is 8.69. The molecule has 0 heteroatoms. The molecule has 1 aliphatic rings.